The number of rotatable bonds is 6. The van der Waals surface area contributed by atoms with Crippen molar-refractivity contribution in [2.24, 2.45) is 0 Å². The molecule has 2 N–H and O–H groups in total. The first-order valence-electron chi connectivity index (χ1n) is 11.6. The van der Waals surface area contributed by atoms with Crippen LogP contribution in [0.2, 0.25) is 0 Å². The minimum atomic E-state index is -0.668. The fourth-order valence-corrected chi connectivity index (χ4v) is 3.87. The van der Waals surface area contributed by atoms with Crippen LogP contribution in [0.5, 0.6) is 0 Å². The van der Waals surface area contributed by atoms with Gasteiger partial charge in [0.25, 0.3) is 5.56 Å². The van der Waals surface area contributed by atoms with E-state index >= 15 is 0 Å². The van der Waals surface area contributed by atoms with E-state index in [2.05, 4.69) is 30.2 Å². The molecule has 0 saturated carbocycles. The van der Waals surface area contributed by atoms with E-state index in [0.29, 0.717) is 34.9 Å². The fraction of sp³-hybridized carbons (Fsp3) is 0.240. The van der Waals surface area contributed by atoms with Crippen LogP contribution >= 0.6 is 0 Å². The number of nitrogens with zero attached hydrogens (tertiary/aromatic N) is 6. The average Bonchev–Trinajstić information content (AvgIpc) is 3.38. The third-order valence-electron chi connectivity index (χ3n) is 5.60. The first-order valence-corrected chi connectivity index (χ1v) is 11.6. The highest BCUT2D eigenvalue weighted by atomic mass is 19.1. The Hall–Kier alpha value is -4.41. The number of anilines is 2. The summed E-state index contributed by atoms with van der Waals surface area (Å²) in [5.74, 6) is -0.255. The number of aromatic amines is 1. The maximum atomic E-state index is 14.7. The van der Waals surface area contributed by atoms with Crippen LogP contribution in [0, 0.1) is 11.6 Å². The maximum Gasteiger partial charge on any atom is 0.283 e. The monoisotopic (exact) mass is 492 g/mol. The Morgan fingerprint density at radius 3 is 2.56 bits per heavy atom. The van der Waals surface area contributed by atoms with Crippen molar-refractivity contribution in [3.05, 3.63) is 82.9 Å². The lowest BCUT2D eigenvalue weighted by molar-refractivity contribution is 0.587. The Bertz CT molecular complexity index is 1550. The van der Waals surface area contributed by atoms with Crippen LogP contribution < -0.4 is 15.9 Å². The van der Waals surface area contributed by atoms with Crippen molar-refractivity contribution in [2.45, 2.75) is 33.2 Å². The summed E-state index contributed by atoms with van der Waals surface area (Å²) >= 11 is 0. The predicted octanol–water partition coefficient (Wildman–Crippen LogP) is 4.83. The second kappa shape index (κ2) is 10.5. The number of nitrogens with one attached hydrogen (secondary N) is 2. The molecular weight excluding hydrogens is 466 g/mol. The van der Waals surface area contributed by atoms with Gasteiger partial charge in [-0.1, -0.05) is 26.8 Å². The third-order valence-corrected chi connectivity index (χ3v) is 5.60. The van der Waals surface area contributed by atoms with Gasteiger partial charge in [-0.2, -0.15) is 0 Å². The molecule has 186 valence electrons. The van der Waals surface area contributed by atoms with Crippen molar-refractivity contribution in [1.82, 2.24) is 29.6 Å². The first kappa shape index (κ1) is 24.7. The molecule has 0 aliphatic heterocycles. The molecule has 0 amide bonds. The average molecular weight is 493 g/mol. The molecule has 3 aromatic heterocycles. The number of hydrogen-bond donors (Lipinski definition) is 2. The molecule has 0 spiro atoms. The van der Waals surface area contributed by atoms with Crippen LogP contribution in [0.25, 0.3) is 22.1 Å². The van der Waals surface area contributed by atoms with E-state index in [0.717, 1.165) is 0 Å². The molecule has 36 heavy (non-hydrogen) atoms. The summed E-state index contributed by atoms with van der Waals surface area (Å²) in [4.78, 5) is 33.8. The van der Waals surface area contributed by atoms with Crippen LogP contribution in [0.3, 0.4) is 0 Å². The van der Waals surface area contributed by atoms with Crippen molar-refractivity contribution in [2.75, 3.05) is 17.4 Å². The number of halogens is 2. The summed E-state index contributed by atoms with van der Waals surface area (Å²) in [5.41, 5.74) is 1.27. The summed E-state index contributed by atoms with van der Waals surface area (Å²) in [6.07, 6.45) is 3.42. The van der Waals surface area contributed by atoms with E-state index in [-0.39, 0.29) is 10.9 Å². The van der Waals surface area contributed by atoms with Gasteiger partial charge in [-0.15, -0.1) is 0 Å². The number of H-pyrrole nitrogens is 1. The molecule has 0 aliphatic carbocycles. The number of fused-ring (bicyclic) bond motifs is 2. The zero-order chi connectivity index (χ0) is 25.8. The zero-order valence-electron chi connectivity index (χ0n) is 20.3. The van der Waals surface area contributed by atoms with Gasteiger partial charge in [-0.25, -0.2) is 33.4 Å². The Morgan fingerprint density at radius 1 is 1.08 bits per heavy atom. The van der Waals surface area contributed by atoms with Crippen LogP contribution in [0.4, 0.5) is 20.3 Å². The van der Waals surface area contributed by atoms with E-state index in [1.807, 2.05) is 20.8 Å². The molecule has 5 aromatic rings. The van der Waals surface area contributed by atoms with Crippen molar-refractivity contribution in [3.63, 3.8) is 0 Å². The fourth-order valence-electron chi connectivity index (χ4n) is 3.87. The maximum absolute atomic E-state index is 14.7. The summed E-state index contributed by atoms with van der Waals surface area (Å²) in [6.45, 7) is 5.92. The Kier molecular flexibility index (Phi) is 7.18. The van der Waals surface area contributed by atoms with E-state index < -0.39 is 23.2 Å². The second-order valence-corrected chi connectivity index (χ2v) is 7.65. The van der Waals surface area contributed by atoms with E-state index in [1.165, 1.54) is 58.7 Å². The Balaban J connectivity index is 0.00000148. The van der Waals surface area contributed by atoms with Crippen molar-refractivity contribution >= 4 is 33.6 Å². The second-order valence-electron chi connectivity index (χ2n) is 7.65. The summed E-state index contributed by atoms with van der Waals surface area (Å²) in [7, 11) is 1.64. The molecule has 11 heteroatoms. The highest BCUT2D eigenvalue weighted by molar-refractivity contribution is 5.82. The van der Waals surface area contributed by atoms with Crippen LogP contribution in [-0.4, -0.2) is 36.6 Å². The van der Waals surface area contributed by atoms with Gasteiger partial charge in [-0.3, -0.25) is 9.80 Å². The summed E-state index contributed by atoms with van der Waals surface area (Å²) in [6, 6.07) is 9.47. The molecule has 0 fully saturated rings. The highest BCUT2D eigenvalue weighted by Crippen LogP contribution is 2.26. The van der Waals surface area contributed by atoms with Gasteiger partial charge >= 0.3 is 0 Å². The van der Waals surface area contributed by atoms with Crippen molar-refractivity contribution in [1.29, 1.82) is 0 Å². The largest absolute Gasteiger partial charge is 0.358 e. The van der Waals surface area contributed by atoms with Gasteiger partial charge in [0.1, 0.15) is 28.9 Å². The molecule has 0 saturated heterocycles. The van der Waals surface area contributed by atoms with Gasteiger partial charge < -0.3 is 10.3 Å². The topological polar surface area (TPSA) is 105 Å². The molecule has 1 unspecified atom stereocenters. The van der Waals surface area contributed by atoms with E-state index in [4.69, 9.17) is 0 Å². The quantitative estimate of drug-likeness (QED) is 0.350. The summed E-state index contributed by atoms with van der Waals surface area (Å²) < 4.78 is 29.5. The van der Waals surface area contributed by atoms with Gasteiger partial charge in [0.2, 0.25) is 0 Å². The number of aromatic nitrogens is 6. The molecule has 2 aromatic carbocycles. The molecule has 0 bridgehead atoms. The molecule has 9 nitrogen and oxygen atoms in total. The van der Waals surface area contributed by atoms with Gasteiger partial charge in [-0.05, 0) is 42.8 Å². The van der Waals surface area contributed by atoms with Crippen LogP contribution in [-0.2, 0) is 0 Å². The molecule has 5 rings (SSSR count). The Morgan fingerprint density at radius 2 is 1.83 bits per heavy atom. The number of benzene rings is 2. The number of hydrogen-bond acceptors (Lipinski definition) is 7. The smallest absolute Gasteiger partial charge is 0.283 e. The minimum Gasteiger partial charge on any atom is -0.358 e. The van der Waals surface area contributed by atoms with Crippen molar-refractivity contribution < 1.29 is 8.78 Å². The van der Waals surface area contributed by atoms with Crippen LogP contribution in [0.1, 0.15) is 39.1 Å². The minimum absolute atomic E-state index is 0.131. The lowest BCUT2D eigenvalue weighted by Crippen LogP contribution is -2.40. The molecule has 0 radical (unpaired) electrons. The lowest BCUT2D eigenvalue weighted by atomic mass is 10.1. The predicted molar refractivity (Wildman–Crippen MR) is 136 cm³/mol. The molecule has 3 heterocycles. The molecular formula is C25H26F2N8O. The summed E-state index contributed by atoms with van der Waals surface area (Å²) in [5, 5.41) is 4.70. The normalized spacial score (nSPS) is 11.7. The lowest BCUT2D eigenvalue weighted by Gasteiger charge is -2.28. The first-order chi connectivity index (χ1) is 17.5. The SMILES string of the molecule is CC.CCC(Nc1ncnc2nc[nH]c12)c1nc2cccc(F)c2c(=O)n1N(C)c1ccc(F)cc1. The molecule has 0 aliphatic rings. The van der Waals surface area contributed by atoms with E-state index in [1.54, 1.807) is 13.1 Å². The zero-order valence-corrected chi connectivity index (χ0v) is 20.3. The van der Waals surface area contributed by atoms with Crippen LogP contribution in [0.15, 0.2) is 59.9 Å². The highest BCUT2D eigenvalue weighted by Gasteiger charge is 2.24. The standard InChI is InChI=1S/C23H20F2N8O.C2H6/c1-3-16(30-21-19-20(27-11-26-19)28-12-29-21)22-31-17-6-4-5-15(25)18(17)23(34)33(22)32(2)14-9-7-13(24)8-10-14;1-2/h4-12,16H,3H2,1-2H3,(H2,26,27,28,29,30);1-2H3. The number of imidazole rings is 1. The van der Waals surface area contributed by atoms with Crippen molar-refractivity contribution in [3.8, 4) is 0 Å². The van der Waals surface area contributed by atoms with Gasteiger partial charge in [0, 0.05) is 7.05 Å². The Labute approximate surface area is 205 Å². The van der Waals surface area contributed by atoms with Gasteiger partial charge in [0.15, 0.2) is 17.3 Å². The third kappa shape index (κ3) is 4.47. The molecule has 1 atom stereocenters. The van der Waals surface area contributed by atoms with E-state index in [9.17, 15) is 13.6 Å². The van der Waals surface area contributed by atoms with Gasteiger partial charge in [0.05, 0.1) is 23.6 Å².